The molecule has 0 bridgehead atoms. The van der Waals surface area contributed by atoms with E-state index in [1.54, 1.807) is 36.4 Å². The van der Waals surface area contributed by atoms with Crippen LogP contribution in [-0.2, 0) is 29.0 Å². The molecule has 0 aromatic heterocycles. The van der Waals surface area contributed by atoms with E-state index in [4.69, 9.17) is 23.2 Å². The molecule has 0 saturated heterocycles. The number of rotatable bonds is 10. The van der Waals surface area contributed by atoms with Crippen LogP contribution in [0.25, 0.3) is 0 Å². The van der Waals surface area contributed by atoms with Crippen LogP contribution in [0.5, 0.6) is 0 Å². The van der Waals surface area contributed by atoms with E-state index in [0.29, 0.717) is 16.5 Å². The molecule has 35 heavy (non-hydrogen) atoms. The van der Waals surface area contributed by atoms with E-state index >= 15 is 0 Å². The zero-order valence-electron chi connectivity index (χ0n) is 19.8. The van der Waals surface area contributed by atoms with Crippen LogP contribution in [0, 0.1) is 5.82 Å². The Labute approximate surface area is 216 Å². The van der Waals surface area contributed by atoms with Crippen LogP contribution in [0.2, 0.25) is 10.0 Å². The van der Waals surface area contributed by atoms with Gasteiger partial charge in [0.15, 0.2) is 0 Å². The molecule has 2 amide bonds. The van der Waals surface area contributed by atoms with E-state index in [0.717, 1.165) is 17.5 Å². The monoisotopic (exact) mass is 514 g/mol. The number of halogens is 3. The summed E-state index contributed by atoms with van der Waals surface area (Å²) in [4.78, 5) is 28.6. The van der Waals surface area contributed by atoms with Gasteiger partial charge in [0.05, 0.1) is 16.5 Å². The quantitative estimate of drug-likeness (QED) is 0.348. The second-order valence-electron chi connectivity index (χ2n) is 8.56. The smallest absolute Gasteiger partial charge is 0.243 e. The highest BCUT2D eigenvalue weighted by molar-refractivity contribution is 6.42. The topological polar surface area (TPSA) is 49.4 Å². The molecule has 184 valence electrons. The average molecular weight is 515 g/mol. The van der Waals surface area contributed by atoms with Crippen LogP contribution in [0.1, 0.15) is 37.0 Å². The lowest BCUT2D eigenvalue weighted by atomic mass is 10.0. The molecule has 2 atom stereocenters. The number of amides is 2. The molecule has 0 saturated carbocycles. The Balaban J connectivity index is 2.00. The summed E-state index contributed by atoms with van der Waals surface area (Å²) in [5, 5.41) is 3.77. The van der Waals surface area contributed by atoms with Crippen molar-refractivity contribution >= 4 is 35.0 Å². The third-order valence-electron chi connectivity index (χ3n) is 5.91. The van der Waals surface area contributed by atoms with E-state index in [-0.39, 0.29) is 36.4 Å². The minimum absolute atomic E-state index is 0.0609. The highest BCUT2D eigenvalue weighted by Crippen LogP contribution is 2.25. The van der Waals surface area contributed by atoms with Crippen LogP contribution in [0.15, 0.2) is 72.8 Å². The molecule has 0 unspecified atom stereocenters. The molecule has 0 radical (unpaired) electrons. The molecule has 1 N–H and O–H groups in total. The summed E-state index contributed by atoms with van der Waals surface area (Å²) in [5.74, 6) is -1.08. The maximum absolute atomic E-state index is 14.4. The first-order chi connectivity index (χ1) is 16.8. The number of hydrogen-bond donors (Lipinski definition) is 1. The van der Waals surface area contributed by atoms with Crippen LogP contribution in [-0.4, -0.2) is 28.8 Å². The first kappa shape index (κ1) is 26.7. The van der Waals surface area contributed by atoms with Gasteiger partial charge >= 0.3 is 0 Å². The molecule has 4 nitrogen and oxygen atoms in total. The van der Waals surface area contributed by atoms with Crippen LogP contribution >= 0.6 is 23.2 Å². The Morgan fingerprint density at radius 2 is 1.63 bits per heavy atom. The maximum atomic E-state index is 14.4. The number of carbonyl (C=O) groups is 2. The van der Waals surface area contributed by atoms with Gasteiger partial charge in [0.1, 0.15) is 11.9 Å². The zero-order valence-corrected chi connectivity index (χ0v) is 21.3. The summed E-state index contributed by atoms with van der Waals surface area (Å²) in [6.45, 7) is 4.02. The summed E-state index contributed by atoms with van der Waals surface area (Å²) in [7, 11) is 0. The first-order valence-electron chi connectivity index (χ1n) is 11.6. The lowest BCUT2D eigenvalue weighted by Crippen LogP contribution is -2.52. The standard InChI is InChI=1S/C28H29Cl2FN2O2/c1-3-19(2)32-28(35)26(16-20-9-5-4-6-10-20)33(18-21-13-14-23(29)24(30)15-21)27(34)17-22-11-7-8-12-25(22)31/h4-15,19,26H,3,16-18H2,1-2H3,(H,32,35)/t19-,26-/m0/s1. The summed E-state index contributed by atoms with van der Waals surface area (Å²) in [6.07, 6.45) is 0.892. The molecular formula is C28H29Cl2FN2O2. The Bertz CT molecular complexity index is 1160. The van der Waals surface area contributed by atoms with Crippen molar-refractivity contribution in [2.45, 2.75) is 51.7 Å². The lowest BCUT2D eigenvalue weighted by molar-refractivity contribution is -0.141. The van der Waals surface area contributed by atoms with Gasteiger partial charge in [0, 0.05) is 19.0 Å². The van der Waals surface area contributed by atoms with Crippen molar-refractivity contribution in [2.75, 3.05) is 0 Å². The normalized spacial score (nSPS) is 12.6. The van der Waals surface area contributed by atoms with Gasteiger partial charge in [0.25, 0.3) is 0 Å². The molecule has 0 aliphatic carbocycles. The van der Waals surface area contributed by atoms with Crippen molar-refractivity contribution < 1.29 is 14.0 Å². The molecule has 0 heterocycles. The van der Waals surface area contributed by atoms with E-state index < -0.39 is 11.9 Å². The molecule has 3 aromatic rings. The van der Waals surface area contributed by atoms with E-state index in [1.807, 2.05) is 44.2 Å². The van der Waals surface area contributed by atoms with Gasteiger partial charge < -0.3 is 10.2 Å². The van der Waals surface area contributed by atoms with Crippen molar-refractivity contribution in [1.29, 1.82) is 0 Å². The van der Waals surface area contributed by atoms with Crippen molar-refractivity contribution in [3.8, 4) is 0 Å². The zero-order chi connectivity index (χ0) is 25.4. The fraction of sp³-hybridized carbons (Fsp3) is 0.286. The first-order valence-corrected chi connectivity index (χ1v) is 12.3. The minimum atomic E-state index is -0.805. The Morgan fingerprint density at radius 3 is 2.29 bits per heavy atom. The number of nitrogens with zero attached hydrogens (tertiary/aromatic N) is 1. The highest BCUT2D eigenvalue weighted by atomic mass is 35.5. The molecular weight excluding hydrogens is 486 g/mol. The summed E-state index contributed by atoms with van der Waals surface area (Å²) < 4.78 is 14.4. The lowest BCUT2D eigenvalue weighted by Gasteiger charge is -2.32. The molecule has 7 heteroatoms. The second kappa shape index (κ2) is 12.7. The van der Waals surface area contributed by atoms with Crippen LogP contribution in [0.3, 0.4) is 0 Å². The van der Waals surface area contributed by atoms with E-state index in [1.165, 1.54) is 11.0 Å². The van der Waals surface area contributed by atoms with Crippen LogP contribution < -0.4 is 5.32 Å². The number of carbonyl (C=O) groups excluding carboxylic acids is 2. The largest absolute Gasteiger partial charge is 0.352 e. The second-order valence-corrected chi connectivity index (χ2v) is 9.38. The number of benzene rings is 3. The molecule has 0 fully saturated rings. The fourth-order valence-corrected chi connectivity index (χ4v) is 4.06. The summed E-state index contributed by atoms with van der Waals surface area (Å²) >= 11 is 12.3. The Kier molecular flexibility index (Phi) is 9.70. The van der Waals surface area contributed by atoms with Gasteiger partial charge in [0.2, 0.25) is 11.8 Å². The molecule has 0 aliphatic heterocycles. The van der Waals surface area contributed by atoms with E-state index in [2.05, 4.69) is 5.32 Å². The third kappa shape index (κ3) is 7.55. The number of hydrogen-bond acceptors (Lipinski definition) is 2. The third-order valence-corrected chi connectivity index (χ3v) is 6.65. The summed E-state index contributed by atoms with van der Waals surface area (Å²) in [5.41, 5.74) is 1.91. The highest BCUT2D eigenvalue weighted by Gasteiger charge is 2.31. The van der Waals surface area contributed by atoms with Gasteiger partial charge in [-0.25, -0.2) is 4.39 Å². The van der Waals surface area contributed by atoms with Gasteiger partial charge in [-0.15, -0.1) is 0 Å². The minimum Gasteiger partial charge on any atom is -0.352 e. The van der Waals surface area contributed by atoms with Gasteiger partial charge in [-0.2, -0.15) is 0 Å². The number of nitrogens with one attached hydrogen (secondary N) is 1. The van der Waals surface area contributed by atoms with Crippen molar-refractivity contribution in [3.63, 3.8) is 0 Å². The van der Waals surface area contributed by atoms with E-state index in [9.17, 15) is 14.0 Å². The van der Waals surface area contributed by atoms with Gasteiger partial charge in [-0.3, -0.25) is 9.59 Å². The summed E-state index contributed by atoms with van der Waals surface area (Å²) in [6, 6.07) is 19.9. The Morgan fingerprint density at radius 1 is 0.943 bits per heavy atom. The predicted molar refractivity (Wildman–Crippen MR) is 139 cm³/mol. The molecule has 0 aliphatic rings. The molecule has 3 rings (SSSR count). The Hall–Kier alpha value is -2.89. The van der Waals surface area contributed by atoms with Gasteiger partial charge in [-0.1, -0.05) is 84.7 Å². The average Bonchev–Trinajstić information content (AvgIpc) is 2.85. The van der Waals surface area contributed by atoms with Crippen molar-refractivity contribution in [3.05, 3.63) is 105 Å². The van der Waals surface area contributed by atoms with Crippen LogP contribution in [0.4, 0.5) is 4.39 Å². The molecule has 3 aromatic carbocycles. The fourth-order valence-electron chi connectivity index (χ4n) is 3.74. The van der Waals surface area contributed by atoms with Crippen molar-refractivity contribution in [2.24, 2.45) is 0 Å². The molecule has 0 spiro atoms. The van der Waals surface area contributed by atoms with Crippen molar-refractivity contribution in [1.82, 2.24) is 10.2 Å². The predicted octanol–water partition coefficient (Wildman–Crippen LogP) is 6.23. The SMILES string of the molecule is CC[C@H](C)NC(=O)[C@H](Cc1ccccc1)N(Cc1ccc(Cl)c(Cl)c1)C(=O)Cc1ccccc1F. The maximum Gasteiger partial charge on any atom is 0.243 e. The van der Waals surface area contributed by atoms with Gasteiger partial charge in [-0.05, 0) is 48.2 Å².